The fourth-order valence-corrected chi connectivity index (χ4v) is 2.77. The van der Waals surface area contributed by atoms with Crippen molar-refractivity contribution < 1.29 is 14.6 Å². The van der Waals surface area contributed by atoms with E-state index in [4.69, 9.17) is 14.7 Å². The Morgan fingerprint density at radius 3 is 2.65 bits per heavy atom. The van der Waals surface area contributed by atoms with Crippen molar-refractivity contribution in [3.8, 4) is 17.6 Å². The molecule has 2 aromatic rings. The van der Waals surface area contributed by atoms with Crippen molar-refractivity contribution in [3.05, 3.63) is 54.1 Å². The number of nitrogens with zero attached hydrogens (tertiary/aromatic N) is 1. The number of thioether (sulfide) groups is 1. The van der Waals surface area contributed by atoms with Crippen LogP contribution in [0.3, 0.4) is 0 Å². The van der Waals surface area contributed by atoms with Gasteiger partial charge in [0.2, 0.25) is 0 Å². The van der Waals surface area contributed by atoms with Crippen LogP contribution >= 0.6 is 11.8 Å². The van der Waals surface area contributed by atoms with E-state index in [0.717, 1.165) is 16.2 Å². The second-order valence-corrected chi connectivity index (χ2v) is 6.03. The smallest absolute Gasteiger partial charge is 0.119 e. The standard InChI is InChI=1S/C18H19NO3S/c1-21-17-3-2-4-18(11-17)23-13-15(20)12-22-16-7-5-14(6-8-16)9-10-19/h2-8,11,15,20H,9,12-13H2,1H3/t15-/m1/s1. The van der Waals surface area contributed by atoms with E-state index in [1.54, 1.807) is 18.9 Å². The summed E-state index contributed by atoms with van der Waals surface area (Å²) in [7, 11) is 1.63. The van der Waals surface area contributed by atoms with E-state index in [0.29, 0.717) is 17.9 Å². The average Bonchev–Trinajstić information content (AvgIpc) is 2.60. The van der Waals surface area contributed by atoms with E-state index in [1.807, 2.05) is 48.5 Å². The molecule has 5 heteroatoms. The highest BCUT2D eigenvalue weighted by molar-refractivity contribution is 7.99. The lowest BCUT2D eigenvalue weighted by molar-refractivity contribution is 0.126. The largest absolute Gasteiger partial charge is 0.497 e. The molecule has 0 heterocycles. The van der Waals surface area contributed by atoms with Gasteiger partial charge < -0.3 is 14.6 Å². The zero-order valence-electron chi connectivity index (χ0n) is 12.9. The third-order valence-electron chi connectivity index (χ3n) is 3.13. The van der Waals surface area contributed by atoms with E-state index in [1.165, 1.54) is 0 Å². The molecule has 120 valence electrons. The zero-order chi connectivity index (χ0) is 16.5. The summed E-state index contributed by atoms with van der Waals surface area (Å²) in [4.78, 5) is 1.05. The molecule has 0 aliphatic rings. The molecule has 0 radical (unpaired) electrons. The summed E-state index contributed by atoms with van der Waals surface area (Å²) in [6, 6.07) is 17.2. The molecule has 2 rings (SSSR count). The second-order valence-electron chi connectivity index (χ2n) is 4.93. The van der Waals surface area contributed by atoms with Gasteiger partial charge in [-0.1, -0.05) is 18.2 Å². The number of methoxy groups -OCH3 is 1. The maximum atomic E-state index is 10.0. The number of ether oxygens (including phenoxy) is 2. The van der Waals surface area contributed by atoms with Crippen LogP contribution in [0, 0.1) is 11.3 Å². The van der Waals surface area contributed by atoms with Gasteiger partial charge in [0.25, 0.3) is 0 Å². The molecule has 0 bridgehead atoms. The quantitative estimate of drug-likeness (QED) is 0.753. The first-order valence-corrected chi connectivity index (χ1v) is 8.23. The van der Waals surface area contributed by atoms with Crippen LogP contribution in [0.15, 0.2) is 53.4 Å². The van der Waals surface area contributed by atoms with Gasteiger partial charge in [-0.15, -0.1) is 11.8 Å². The maximum Gasteiger partial charge on any atom is 0.119 e. The van der Waals surface area contributed by atoms with Crippen LogP contribution in [0.1, 0.15) is 5.56 Å². The van der Waals surface area contributed by atoms with E-state index >= 15 is 0 Å². The lowest BCUT2D eigenvalue weighted by atomic mass is 10.2. The first kappa shape index (κ1) is 17.2. The molecule has 0 amide bonds. The third kappa shape index (κ3) is 5.85. The molecule has 4 nitrogen and oxygen atoms in total. The summed E-state index contributed by atoms with van der Waals surface area (Å²) in [6.07, 6.45) is -0.176. The van der Waals surface area contributed by atoms with Crippen molar-refractivity contribution in [2.75, 3.05) is 19.5 Å². The predicted octanol–water partition coefficient (Wildman–Crippen LogP) is 3.29. The van der Waals surface area contributed by atoms with Crippen LogP contribution in [0.2, 0.25) is 0 Å². The molecule has 0 aromatic heterocycles. The molecule has 1 atom stereocenters. The Morgan fingerprint density at radius 1 is 1.17 bits per heavy atom. The number of benzene rings is 2. The number of rotatable bonds is 8. The molecule has 23 heavy (non-hydrogen) atoms. The number of hydrogen-bond acceptors (Lipinski definition) is 5. The molecule has 0 aliphatic heterocycles. The summed E-state index contributed by atoms with van der Waals surface area (Å²) in [5.74, 6) is 2.04. The van der Waals surface area contributed by atoms with Crippen molar-refractivity contribution in [2.24, 2.45) is 0 Å². The topological polar surface area (TPSA) is 62.5 Å². The van der Waals surface area contributed by atoms with Gasteiger partial charge in [0.1, 0.15) is 18.1 Å². The van der Waals surface area contributed by atoms with E-state index in [2.05, 4.69) is 6.07 Å². The van der Waals surface area contributed by atoms with Crippen molar-refractivity contribution >= 4 is 11.8 Å². The highest BCUT2D eigenvalue weighted by Crippen LogP contribution is 2.23. The Bertz CT molecular complexity index is 652. The van der Waals surface area contributed by atoms with Crippen molar-refractivity contribution in [1.82, 2.24) is 0 Å². The molecule has 1 N–H and O–H groups in total. The van der Waals surface area contributed by atoms with Gasteiger partial charge in [-0.2, -0.15) is 5.26 Å². The normalized spacial score (nSPS) is 11.5. The van der Waals surface area contributed by atoms with Gasteiger partial charge in [-0.25, -0.2) is 0 Å². The Balaban J connectivity index is 1.76. The van der Waals surface area contributed by atoms with Gasteiger partial charge in [0, 0.05) is 10.6 Å². The molecular formula is C18H19NO3S. The first-order valence-electron chi connectivity index (χ1n) is 7.25. The summed E-state index contributed by atoms with van der Waals surface area (Å²) in [5.41, 5.74) is 0.953. The van der Waals surface area contributed by atoms with Crippen LogP contribution in [0.4, 0.5) is 0 Å². The molecule has 0 spiro atoms. The SMILES string of the molecule is COc1cccc(SC[C@H](O)COc2ccc(CC#N)cc2)c1. The lowest BCUT2D eigenvalue weighted by Crippen LogP contribution is -2.20. The summed E-state index contributed by atoms with van der Waals surface area (Å²) in [6.45, 7) is 0.231. The Kier molecular flexibility index (Phi) is 6.79. The van der Waals surface area contributed by atoms with Gasteiger partial charge in [-0.3, -0.25) is 0 Å². The lowest BCUT2D eigenvalue weighted by Gasteiger charge is -2.12. The fourth-order valence-electron chi connectivity index (χ4n) is 1.92. The van der Waals surface area contributed by atoms with Crippen LogP contribution in [-0.4, -0.2) is 30.7 Å². The van der Waals surface area contributed by atoms with Crippen LogP contribution in [0.25, 0.3) is 0 Å². The van der Waals surface area contributed by atoms with E-state index < -0.39 is 6.10 Å². The van der Waals surface area contributed by atoms with Gasteiger partial charge in [0.15, 0.2) is 0 Å². The van der Waals surface area contributed by atoms with Crippen molar-refractivity contribution in [1.29, 1.82) is 5.26 Å². The molecule has 0 aliphatic carbocycles. The highest BCUT2D eigenvalue weighted by Gasteiger charge is 2.07. The summed E-state index contributed by atoms with van der Waals surface area (Å²) < 4.78 is 10.7. The van der Waals surface area contributed by atoms with Crippen molar-refractivity contribution in [2.45, 2.75) is 17.4 Å². The Labute approximate surface area is 140 Å². The monoisotopic (exact) mass is 329 g/mol. The first-order chi connectivity index (χ1) is 11.2. The minimum atomic E-state index is -0.565. The predicted molar refractivity (Wildman–Crippen MR) is 91.0 cm³/mol. The maximum absolute atomic E-state index is 10.0. The van der Waals surface area contributed by atoms with Crippen molar-refractivity contribution in [3.63, 3.8) is 0 Å². The molecule has 0 fully saturated rings. The summed E-state index contributed by atoms with van der Waals surface area (Å²) in [5, 5.41) is 18.6. The second kappa shape index (κ2) is 9.09. The fraction of sp³-hybridized carbons (Fsp3) is 0.278. The molecule has 0 unspecified atom stereocenters. The third-order valence-corrected chi connectivity index (χ3v) is 4.27. The minimum Gasteiger partial charge on any atom is -0.497 e. The minimum absolute atomic E-state index is 0.231. The van der Waals surface area contributed by atoms with E-state index in [9.17, 15) is 5.11 Å². The van der Waals surface area contributed by atoms with Crippen LogP contribution < -0.4 is 9.47 Å². The van der Waals surface area contributed by atoms with Gasteiger partial charge >= 0.3 is 0 Å². The zero-order valence-corrected chi connectivity index (χ0v) is 13.8. The average molecular weight is 329 g/mol. The van der Waals surface area contributed by atoms with Gasteiger partial charge in [-0.05, 0) is 35.9 Å². The molecule has 0 saturated carbocycles. The Hall–Kier alpha value is -2.16. The summed E-state index contributed by atoms with van der Waals surface area (Å²) >= 11 is 1.56. The molecule has 0 saturated heterocycles. The van der Waals surface area contributed by atoms with E-state index in [-0.39, 0.29) is 6.61 Å². The van der Waals surface area contributed by atoms with Crippen LogP contribution in [0.5, 0.6) is 11.5 Å². The number of aliphatic hydroxyl groups is 1. The number of nitriles is 1. The molecule has 2 aromatic carbocycles. The number of aliphatic hydroxyl groups excluding tert-OH is 1. The number of hydrogen-bond donors (Lipinski definition) is 1. The highest BCUT2D eigenvalue weighted by atomic mass is 32.2. The molecular weight excluding hydrogens is 310 g/mol. The van der Waals surface area contributed by atoms with Crippen LogP contribution in [-0.2, 0) is 6.42 Å². The van der Waals surface area contributed by atoms with Gasteiger partial charge in [0.05, 0.1) is 25.7 Å². The Morgan fingerprint density at radius 2 is 1.96 bits per heavy atom.